The Labute approximate surface area is 216 Å². The average Bonchev–Trinajstić information content (AvgIpc) is 2.89. The molecule has 0 saturated heterocycles. The van der Waals surface area contributed by atoms with Crippen LogP contribution in [0.25, 0.3) is 10.9 Å². The smallest absolute Gasteiger partial charge is 0.455 e. The summed E-state index contributed by atoms with van der Waals surface area (Å²) in [5.74, 6) is -0.538. The van der Waals surface area contributed by atoms with Gasteiger partial charge in [0, 0.05) is 36.6 Å². The van der Waals surface area contributed by atoms with Crippen LogP contribution in [0.1, 0.15) is 16.1 Å². The van der Waals surface area contributed by atoms with Crippen molar-refractivity contribution in [3.05, 3.63) is 78.2 Å². The number of ether oxygens (including phenoxy) is 3. The van der Waals surface area contributed by atoms with E-state index in [1.165, 1.54) is 31.6 Å². The second-order valence-electron chi connectivity index (χ2n) is 8.04. The Kier molecular flexibility index (Phi) is 6.39. The van der Waals surface area contributed by atoms with Crippen LogP contribution in [0.2, 0.25) is 0 Å². The zero-order chi connectivity index (χ0) is 27.8. The molecular formula is C25H17F4N5O5. The van der Waals surface area contributed by atoms with Crippen molar-refractivity contribution in [2.45, 2.75) is 12.4 Å². The first-order chi connectivity index (χ1) is 18.5. The van der Waals surface area contributed by atoms with Gasteiger partial charge in [-0.1, -0.05) is 0 Å². The number of amides is 3. The van der Waals surface area contributed by atoms with E-state index in [2.05, 4.69) is 35.4 Å². The van der Waals surface area contributed by atoms with Gasteiger partial charge in [0.2, 0.25) is 0 Å². The van der Waals surface area contributed by atoms with Gasteiger partial charge in [0.25, 0.3) is 5.91 Å². The summed E-state index contributed by atoms with van der Waals surface area (Å²) < 4.78 is 68.0. The van der Waals surface area contributed by atoms with Gasteiger partial charge >= 0.3 is 18.4 Å². The molecule has 14 heteroatoms. The molecule has 5 rings (SSSR count). The van der Waals surface area contributed by atoms with Crippen LogP contribution in [-0.2, 0) is 10.8 Å². The Morgan fingerprint density at radius 1 is 0.949 bits per heavy atom. The van der Waals surface area contributed by atoms with Gasteiger partial charge in [0.15, 0.2) is 5.75 Å². The molecule has 1 aliphatic heterocycles. The van der Waals surface area contributed by atoms with Crippen LogP contribution >= 0.6 is 0 Å². The molecule has 0 atom stereocenters. The van der Waals surface area contributed by atoms with Gasteiger partial charge in [0.1, 0.15) is 22.7 Å². The molecule has 0 spiro atoms. The summed E-state index contributed by atoms with van der Waals surface area (Å²) in [4.78, 5) is 32.8. The lowest BCUT2D eigenvalue weighted by molar-refractivity contribution is -0.461. The Morgan fingerprint density at radius 3 is 2.56 bits per heavy atom. The zero-order valence-electron chi connectivity index (χ0n) is 19.8. The third kappa shape index (κ3) is 5.36. The quantitative estimate of drug-likeness (QED) is 0.287. The summed E-state index contributed by atoms with van der Waals surface area (Å²) in [6, 6.07) is 11.3. The van der Waals surface area contributed by atoms with E-state index >= 15 is 0 Å². The lowest BCUT2D eigenvalue weighted by Crippen LogP contribution is -2.41. The third-order valence-corrected chi connectivity index (χ3v) is 5.43. The number of halogens is 4. The number of benzene rings is 2. The summed E-state index contributed by atoms with van der Waals surface area (Å²) >= 11 is 0. The predicted octanol–water partition coefficient (Wildman–Crippen LogP) is 5.43. The van der Waals surface area contributed by atoms with Crippen LogP contribution in [0.4, 0.5) is 33.7 Å². The monoisotopic (exact) mass is 543 g/mol. The lowest BCUT2D eigenvalue weighted by Gasteiger charge is -2.30. The SMILES string of the molecule is CNC(=O)c1cc(Oc2ccc(NC(=O)Nc3ccc4c(c3)C(F)(F)OC(F)(F)O4)c3cccnc23)ccn1. The molecule has 4 aromatic rings. The molecule has 200 valence electrons. The van der Waals surface area contributed by atoms with Crippen LogP contribution in [-0.4, -0.2) is 35.2 Å². The largest absolute Gasteiger partial charge is 0.540 e. The Balaban J connectivity index is 1.36. The van der Waals surface area contributed by atoms with Gasteiger partial charge in [-0.3, -0.25) is 14.8 Å². The Hall–Kier alpha value is -4.98. The second-order valence-corrected chi connectivity index (χ2v) is 8.04. The maximum absolute atomic E-state index is 14.1. The normalized spacial score (nSPS) is 15.0. The summed E-state index contributed by atoms with van der Waals surface area (Å²) in [6.45, 7) is 0. The summed E-state index contributed by atoms with van der Waals surface area (Å²) in [6.07, 6.45) is -5.92. The number of pyridine rings is 2. The van der Waals surface area contributed by atoms with Crippen LogP contribution in [0.3, 0.4) is 0 Å². The predicted molar refractivity (Wildman–Crippen MR) is 129 cm³/mol. The van der Waals surface area contributed by atoms with E-state index in [4.69, 9.17) is 4.74 Å². The molecule has 2 aromatic carbocycles. The van der Waals surface area contributed by atoms with Crippen molar-refractivity contribution in [2.24, 2.45) is 0 Å². The number of urea groups is 1. The van der Waals surface area contributed by atoms with E-state index in [0.717, 1.165) is 18.2 Å². The number of nitrogens with zero attached hydrogens (tertiary/aromatic N) is 2. The van der Waals surface area contributed by atoms with Crippen molar-refractivity contribution >= 4 is 34.2 Å². The van der Waals surface area contributed by atoms with Crippen molar-refractivity contribution in [3.8, 4) is 17.2 Å². The molecule has 3 N–H and O–H groups in total. The first kappa shape index (κ1) is 25.7. The minimum Gasteiger partial charge on any atom is -0.455 e. The fraction of sp³-hybridized carbons (Fsp3) is 0.120. The first-order valence-electron chi connectivity index (χ1n) is 11.2. The average molecular weight is 543 g/mol. The van der Waals surface area contributed by atoms with Crippen molar-refractivity contribution in [3.63, 3.8) is 0 Å². The summed E-state index contributed by atoms with van der Waals surface area (Å²) in [5.41, 5.74) is -0.280. The molecule has 0 saturated carbocycles. The fourth-order valence-corrected chi connectivity index (χ4v) is 3.75. The minimum atomic E-state index is -4.50. The number of anilines is 2. The molecule has 2 aromatic heterocycles. The summed E-state index contributed by atoms with van der Waals surface area (Å²) in [5, 5.41) is 7.90. The first-order valence-corrected chi connectivity index (χ1v) is 11.2. The van der Waals surface area contributed by atoms with Crippen LogP contribution in [0.5, 0.6) is 17.2 Å². The molecule has 0 bridgehead atoms. The van der Waals surface area contributed by atoms with E-state index in [1.54, 1.807) is 24.3 Å². The highest BCUT2D eigenvalue weighted by Gasteiger charge is 2.54. The van der Waals surface area contributed by atoms with Gasteiger partial charge in [-0.25, -0.2) is 9.53 Å². The molecule has 3 amide bonds. The highest BCUT2D eigenvalue weighted by atomic mass is 19.3. The van der Waals surface area contributed by atoms with Crippen molar-refractivity contribution in [1.82, 2.24) is 15.3 Å². The lowest BCUT2D eigenvalue weighted by atomic mass is 10.1. The van der Waals surface area contributed by atoms with Gasteiger partial charge in [-0.05, 0) is 48.5 Å². The van der Waals surface area contributed by atoms with Crippen LogP contribution in [0.15, 0.2) is 67.0 Å². The van der Waals surface area contributed by atoms with Crippen molar-refractivity contribution < 1.29 is 41.4 Å². The van der Waals surface area contributed by atoms with Gasteiger partial charge in [-0.15, -0.1) is 8.78 Å². The fourth-order valence-electron chi connectivity index (χ4n) is 3.75. The number of hydrogen-bond acceptors (Lipinski definition) is 7. The zero-order valence-corrected chi connectivity index (χ0v) is 19.8. The van der Waals surface area contributed by atoms with Gasteiger partial charge < -0.3 is 25.4 Å². The molecule has 0 aliphatic carbocycles. The highest BCUT2D eigenvalue weighted by molar-refractivity contribution is 6.06. The molecule has 1 aliphatic rings. The molecule has 3 heterocycles. The van der Waals surface area contributed by atoms with E-state index in [1.807, 2.05) is 0 Å². The Morgan fingerprint density at radius 2 is 1.77 bits per heavy atom. The number of alkyl halides is 4. The van der Waals surface area contributed by atoms with Crippen LogP contribution in [0, 0.1) is 0 Å². The number of carbonyl (C=O) groups is 2. The summed E-state index contributed by atoms with van der Waals surface area (Å²) in [7, 11) is 1.47. The minimum absolute atomic E-state index is 0.129. The van der Waals surface area contributed by atoms with Gasteiger partial charge in [-0.2, -0.15) is 8.78 Å². The number of carbonyl (C=O) groups excluding carboxylic acids is 2. The van der Waals surface area contributed by atoms with E-state index in [-0.39, 0.29) is 11.4 Å². The van der Waals surface area contributed by atoms with Crippen molar-refractivity contribution in [1.29, 1.82) is 0 Å². The maximum atomic E-state index is 14.1. The molecule has 0 fully saturated rings. The van der Waals surface area contributed by atoms with Gasteiger partial charge in [0.05, 0.1) is 11.3 Å². The van der Waals surface area contributed by atoms with E-state index < -0.39 is 35.7 Å². The molecule has 0 unspecified atom stereocenters. The maximum Gasteiger partial charge on any atom is 0.540 e. The highest BCUT2D eigenvalue weighted by Crippen LogP contribution is 2.47. The molecule has 39 heavy (non-hydrogen) atoms. The molecule has 10 nitrogen and oxygen atoms in total. The van der Waals surface area contributed by atoms with E-state index in [9.17, 15) is 27.2 Å². The molecular weight excluding hydrogens is 526 g/mol. The number of rotatable bonds is 5. The van der Waals surface area contributed by atoms with Crippen molar-refractivity contribution in [2.75, 3.05) is 17.7 Å². The second kappa shape index (κ2) is 9.72. The number of nitrogens with one attached hydrogen (secondary N) is 3. The van der Waals surface area contributed by atoms with Crippen LogP contribution < -0.4 is 25.4 Å². The van der Waals surface area contributed by atoms with E-state index in [0.29, 0.717) is 28.1 Å². The topological polar surface area (TPSA) is 124 Å². The number of aromatic nitrogens is 2. The number of hydrogen-bond donors (Lipinski definition) is 3. The molecule has 0 radical (unpaired) electrons. The standard InChI is InChI=1S/C25H17F4N5O5/c1-30-22(35)18-12-14(8-10-31-18)37-20-7-5-17(15-3-2-9-32-21(15)20)34-23(36)33-13-4-6-19-16(11-13)24(26,27)39-25(28,29)38-19/h2-12H,1H3,(H,30,35)(H2,33,34,36). The number of fused-ring (bicyclic) bond motifs is 2. The Bertz CT molecular complexity index is 1600. The third-order valence-electron chi connectivity index (χ3n) is 5.43.